The summed E-state index contributed by atoms with van der Waals surface area (Å²) in [6.07, 6.45) is 0.598. The molecule has 0 spiro atoms. The van der Waals surface area contributed by atoms with Crippen molar-refractivity contribution in [1.29, 1.82) is 0 Å². The molecule has 0 radical (unpaired) electrons. The molecule has 3 aromatic rings. The first kappa shape index (κ1) is 22.3. The number of nitrogens with zero attached hydrogens (tertiary/aromatic N) is 3. The predicted molar refractivity (Wildman–Crippen MR) is 120 cm³/mol. The van der Waals surface area contributed by atoms with Gasteiger partial charge in [-0.15, -0.1) is 10.2 Å². The third kappa shape index (κ3) is 5.62. The first-order valence-corrected chi connectivity index (χ1v) is 10.9. The van der Waals surface area contributed by atoms with Gasteiger partial charge < -0.3 is 15.0 Å². The lowest BCUT2D eigenvalue weighted by Gasteiger charge is -2.16. The van der Waals surface area contributed by atoms with E-state index in [4.69, 9.17) is 22.1 Å². The Kier molecular flexibility index (Phi) is 7.53. The van der Waals surface area contributed by atoms with Gasteiger partial charge in [0.25, 0.3) is 0 Å². The summed E-state index contributed by atoms with van der Waals surface area (Å²) < 4.78 is 6.83. The number of methoxy groups -OCH3 is 1. The summed E-state index contributed by atoms with van der Waals surface area (Å²) in [5, 5.41) is 9.61. The number of aryl methyl sites for hydroxylation is 1. The molecule has 0 amide bonds. The number of nitrogens with two attached hydrogens (primary N) is 1. The zero-order valence-electron chi connectivity index (χ0n) is 17.2. The van der Waals surface area contributed by atoms with Gasteiger partial charge in [0, 0.05) is 5.02 Å². The highest BCUT2D eigenvalue weighted by molar-refractivity contribution is 8.00. The van der Waals surface area contributed by atoms with Crippen LogP contribution in [-0.4, -0.2) is 33.1 Å². The van der Waals surface area contributed by atoms with Crippen LogP contribution < -0.4 is 5.73 Å². The molecule has 158 valence electrons. The number of carbonyl (C=O) groups is 1. The summed E-state index contributed by atoms with van der Waals surface area (Å²) in [5.74, 6) is 0.363. The van der Waals surface area contributed by atoms with Gasteiger partial charge in [-0.05, 0) is 43.5 Å². The summed E-state index contributed by atoms with van der Waals surface area (Å²) in [4.78, 5) is 11.9. The van der Waals surface area contributed by atoms with Crippen molar-refractivity contribution >= 4 is 29.3 Å². The van der Waals surface area contributed by atoms with Crippen LogP contribution in [0, 0.1) is 6.92 Å². The van der Waals surface area contributed by atoms with Gasteiger partial charge in [-0.3, -0.25) is 4.79 Å². The van der Waals surface area contributed by atoms with E-state index in [0.717, 1.165) is 11.1 Å². The van der Waals surface area contributed by atoms with Crippen molar-refractivity contribution in [3.05, 3.63) is 76.1 Å². The summed E-state index contributed by atoms with van der Waals surface area (Å²) in [7, 11) is 1.38. The summed E-state index contributed by atoms with van der Waals surface area (Å²) in [6, 6.07) is 15.5. The summed E-state index contributed by atoms with van der Waals surface area (Å²) in [5.41, 5.74) is 9.88. The lowest BCUT2D eigenvalue weighted by molar-refractivity contribution is -0.139. The van der Waals surface area contributed by atoms with Crippen LogP contribution in [0.25, 0.3) is 0 Å². The van der Waals surface area contributed by atoms with E-state index in [2.05, 4.69) is 41.4 Å². The molecule has 0 aliphatic rings. The fourth-order valence-electron chi connectivity index (χ4n) is 3.02. The highest BCUT2D eigenvalue weighted by Crippen LogP contribution is 2.27. The number of benzene rings is 2. The second-order valence-corrected chi connectivity index (χ2v) is 8.88. The maximum Gasteiger partial charge on any atom is 0.318 e. The second-order valence-electron chi connectivity index (χ2n) is 7.13. The van der Waals surface area contributed by atoms with Crippen molar-refractivity contribution in [3.63, 3.8) is 0 Å². The molecule has 1 heterocycles. The number of halogens is 1. The van der Waals surface area contributed by atoms with E-state index in [-0.39, 0.29) is 12.0 Å². The number of thioether (sulfide) groups is 1. The molecular formula is C22H25ClN4O2S. The quantitative estimate of drug-likeness (QED) is 0.414. The lowest BCUT2D eigenvalue weighted by Crippen LogP contribution is -2.21. The van der Waals surface area contributed by atoms with E-state index >= 15 is 0 Å². The average molecular weight is 445 g/mol. The molecule has 0 aliphatic heterocycles. The first-order valence-electron chi connectivity index (χ1n) is 9.60. The minimum Gasteiger partial charge on any atom is -0.468 e. The Hall–Kier alpha value is -2.35. The molecule has 2 aromatic carbocycles. The van der Waals surface area contributed by atoms with Gasteiger partial charge in [0.05, 0.1) is 19.7 Å². The van der Waals surface area contributed by atoms with E-state index in [9.17, 15) is 4.79 Å². The fraction of sp³-hybridized carbons (Fsp3) is 0.318. The molecule has 0 saturated carbocycles. The minimum absolute atomic E-state index is 0.308. The highest BCUT2D eigenvalue weighted by atomic mass is 35.5. The van der Waals surface area contributed by atoms with Crippen molar-refractivity contribution < 1.29 is 9.53 Å². The van der Waals surface area contributed by atoms with E-state index in [0.29, 0.717) is 29.0 Å². The third-order valence-electron chi connectivity index (χ3n) is 4.72. The first-order chi connectivity index (χ1) is 14.4. The topological polar surface area (TPSA) is 83.0 Å². The van der Waals surface area contributed by atoms with Crippen LogP contribution in [0.15, 0.2) is 53.7 Å². The Balaban J connectivity index is 1.89. The molecule has 6 nitrogen and oxygen atoms in total. The van der Waals surface area contributed by atoms with E-state index in [1.807, 2.05) is 28.8 Å². The minimum atomic E-state index is -0.406. The molecule has 2 N–H and O–H groups in total. The Morgan fingerprint density at radius 1 is 1.13 bits per heavy atom. The lowest BCUT2D eigenvalue weighted by atomic mass is 10.1. The van der Waals surface area contributed by atoms with Gasteiger partial charge in [-0.25, -0.2) is 0 Å². The molecule has 0 fully saturated rings. The molecular weight excluding hydrogens is 420 g/mol. The Morgan fingerprint density at radius 2 is 1.77 bits per heavy atom. The van der Waals surface area contributed by atoms with Crippen LogP contribution in [0.5, 0.6) is 0 Å². The number of carbonyl (C=O) groups excluding carboxylic acids is 1. The average Bonchev–Trinajstić information content (AvgIpc) is 3.12. The van der Waals surface area contributed by atoms with Gasteiger partial charge in [0.1, 0.15) is 5.25 Å². The van der Waals surface area contributed by atoms with Crippen LogP contribution in [0.1, 0.15) is 35.5 Å². The van der Waals surface area contributed by atoms with Gasteiger partial charge in [0.2, 0.25) is 0 Å². The molecule has 0 aliphatic carbocycles. The van der Waals surface area contributed by atoms with Gasteiger partial charge >= 0.3 is 5.97 Å². The van der Waals surface area contributed by atoms with Crippen molar-refractivity contribution in [2.24, 2.45) is 5.73 Å². The number of ether oxygens (including phenoxy) is 1. The largest absolute Gasteiger partial charge is 0.468 e. The monoisotopic (exact) mass is 444 g/mol. The predicted octanol–water partition coefficient (Wildman–Crippen LogP) is 4.18. The third-order valence-corrected chi connectivity index (χ3v) is 6.03. The van der Waals surface area contributed by atoms with E-state index in [1.54, 1.807) is 6.92 Å². The molecule has 30 heavy (non-hydrogen) atoms. The number of rotatable bonds is 8. The highest BCUT2D eigenvalue weighted by Gasteiger charge is 2.23. The number of hydrogen-bond donors (Lipinski definition) is 1. The molecule has 8 heteroatoms. The summed E-state index contributed by atoms with van der Waals surface area (Å²) in [6.45, 7) is 4.40. The van der Waals surface area contributed by atoms with Crippen molar-refractivity contribution in [2.45, 2.75) is 43.3 Å². The van der Waals surface area contributed by atoms with Gasteiger partial charge in [-0.2, -0.15) is 0 Å². The second kappa shape index (κ2) is 10.1. The number of hydrogen-bond acceptors (Lipinski definition) is 6. The van der Waals surface area contributed by atoms with Crippen molar-refractivity contribution in [3.8, 4) is 0 Å². The molecule has 2 unspecified atom stereocenters. The Morgan fingerprint density at radius 3 is 2.40 bits per heavy atom. The molecule has 1 aromatic heterocycles. The maximum absolute atomic E-state index is 11.9. The fourth-order valence-corrected chi connectivity index (χ4v) is 4.03. The van der Waals surface area contributed by atoms with E-state index < -0.39 is 5.25 Å². The SMILES string of the molecule is COC(=O)C(C)Sc1nnc(C(N)Cc2ccc(Cl)cc2)n1Cc1ccc(C)cc1. The Bertz CT molecular complexity index is 989. The van der Waals surface area contributed by atoms with Crippen LogP contribution in [-0.2, 0) is 22.5 Å². The molecule has 3 rings (SSSR count). The normalized spacial score (nSPS) is 13.1. The van der Waals surface area contributed by atoms with Crippen LogP contribution in [0.2, 0.25) is 5.02 Å². The maximum atomic E-state index is 11.9. The van der Waals surface area contributed by atoms with Gasteiger partial charge in [-0.1, -0.05) is 65.3 Å². The summed E-state index contributed by atoms with van der Waals surface area (Å²) >= 11 is 7.30. The standard InChI is InChI=1S/C22H25ClN4O2S/c1-14-4-6-17(7-5-14)13-27-20(19(24)12-16-8-10-18(23)11-9-16)25-26-22(27)30-15(2)21(28)29-3/h4-11,15,19H,12-13,24H2,1-3H3. The van der Waals surface area contributed by atoms with Crippen molar-refractivity contribution in [2.75, 3.05) is 7.11 Å². The van der Waals surface area contributed by atoms with Crippen LogP contribution in [0.3, 0.4) is 0 Å². The molecule has 0 saturated heterocycles. The Labute approximate surface area is 185 Å². The van der Waals surface area contributed by atoms with Crippen LogP contribution in [0.4, 0.5) is 0 Å². The van der Waals surface area contributed by atoms with E-state index in [1.165, 1.54) is 24.4 Å². The smallest absolute Gasteiger partial charge is 0.318 e. The molecule has 2 atom stereocenters. The molecule has 0 bridgehead atoms. The number of esters is 1. The van der Waals surface area contributed by atoms with Crippen LogP contribution >= 0.6 is 23.4 Å². The number of aromatic nitrogens is 3. The zero-order chi connectivity index (χ0) is 21.7. The van der Waals surface area contributed by atoms with Crippen molar-refractivity contribution in [1.82, 2.24) is 14.8 Å². The van der Waals surface area contributed by atoms with Gasteiger partial charge in [0.15, 0.2) is 11.0 Å². The zero-order valence-corrected chi connectivity index (χ0v) is 18.8.